The fraction of sp³-hybridized carbons (Fsp3) is 0.393. The van der Waals surface area contributed by atoms with Crippen LogP contribution < -0.4 is 4.74 Å². The summed E-state index contributed by atoms with van der Waals surface area (Å²) in [6, 6.07) is 8.68. The maximum Gasteiger partial charge on any atom is 0.200 e. The van der Waals surface area contributed by atoms with E-state index in [1.807, 2.05) is 19.1 Å². The molecule has 1 heterocycles. The molecule has 5 nitrogen and oxygen atoms in total. The monoisotopic (exact) mass is 450 g/mol. The summed E-state index contributed by atoms with van der Waals surface area (Å²) in [7, 11) is 0. The lowest BCUT2D eigenvalue weighted by molar-refractivity contribution is -0.0422. The number of phenolic OH excluding ortho intramolecular Hbond substituents is 2. The molecule has 1 aliphatic rings. The van der Waals surface area contributed by atoms with Crippen LogP contribution in [0, 0.1) is 0 Å². The minimum Gasteiger partial charge on any atom is -0.507 e. The molecule has 1 aliphatic heterocycles. The predicted octanol–water partition coefficient (Wildman–Crippen LogP) is 5.64. The molecule has 33 heavy (non-hydrogen) atoms. The topological polar surface area (TPSA) is 87.0 Å². The molecule has 0 fully saturated rings. The number of phenols is 2. The van der Waals surface area contributed by atoms with Crippen molar-refractivity contribution in [2.45, 2.75) is 72.0 Å². The largest absolute Gasteiger partial charge is 0.507 e. The second-order valence-electron chi connectivity index (χ2n) is 9.55. The van der Waals surface area contributed by atoms with Crippen LogP contribution in [0.4, 0.5) is 0 Å². The van der Waals surface area contributed by atoms with Gasteiger partial charge in [0.05, 0.1) is 6.10 Å². The Bertz CT molecular complexity index is 1090. The van der Waals surface area contributed by atoms with Crippen LogP contribution in [0.2, 0.25) is 0 Å². The van der Waals surface area contributed by atoms with Crippen LogP contribution in [0.15, 0.2) is 53.6 Å². The van der Waals surface area contributed by atoms with Gasteiger partial charge >= 0.3 is 0 Å². The van der Waals surface area contributed by atoms with Crippen LogP contribution in [0.25, 0.3) is 0 Å². The Morgan fingerprint density at radius 1 is 1.09 bits per heavy atom. The number of aliphatic hydroxyl groups excluding tert-OH is 1. The number of carbonyl (C=O) groups excluding carboxylic acids is 1. The number of benzene rings is 2. The highest BCUT2D eigenvalue weighted by molar-refractivity contribution is 6.13. The van der Waals surface area contributed by atoms with Crippen molar-refractivity contribution < 1.29 is 24.9 Å². The number of ketones is 1. The summed E-state index contributed by atoms with van der Waals surface area (Å²) < 4.78 is 6.01. The zero-order chi connectivity index (χ0) is 24.3. The molecule has 0 spiro atoms. The zero-order valence-electron chi connectivity index (χ0n) is 20.1. The van der Waals surface area contributed by atoms with Crippen LogP contribution in [-0.4, -0.2) is 32.8 Å². The third-order valence-corrected chi connectivity index (χ3v) is 6.17. The van der Waals surface area contributed by atoms with Gasteiger partial charge in [0.25, 0.3) is 0 Å². The van der Waals surface area contributed by atoms with E-state index in [0.29, 0.717) is 11.1 Å². The number of rotatable bonds is 7. The van der Waals surface area contributed by atoms with Crippen LogP contribution in [0.5, 0.6) is 17.2 Å². The molecule has 3 N–H and O–H groups in total. The summed E-state index contributed by atoms with van der Waals surface area (Å²) in [5.41, 5.74) is 2.47. The molecule has 1 atom stereocenters. The maximum atomic E-state index is 13.4. The Morgan fingerprint density at radius 2 is 1.76 bits per heavy atom. The van der Waals surface area contributed by atoms with E-state index in [2.05, 4.69) is 19.9 Å². The SMILES string of the molecule is CC(C)=CCC/C(C)=C/Cc1c(O)c2c(c(C(=O)c3ccccc3)c1O)OC(C)(C)C(O)C2. The molecule has 0 aliphatic carbocycles. The molecular formula is C28H34O5. The summed E-state index contributed by atoms with van der Waals surface area (Å²) in [4.78, 5) is 13.4. The first-order valence-electron chi connectivity index (χ1n) is 11.4. The summed E-state index contributed by atoms with van der Waals surface area (Å²) >= 11 is 0. The standard InChI is InChI=1S/C28H34O5/c1-17(2)10-9-11-18(3)14-15-20-25(31)21-16-22(29)28(4,5)33-27(21)23(26(20)32)24(30)19-12-7-6-8-13-19/h6-8,10,12-14,22,29,31-32H,9,11,15-16H2,1-5H3/b18-14+. The second kappa shape index (κ2) is 9.84. The van der Waals surface area contributed by atoms with Gasteiger partial charge in [-0.1, -0.05) is 53.6 Å². The van der Waals surface area contributed by atoms with Gasteiger partial charge in [0, 0.05) is 23.1 Å². The Labute approximate surface area is 196 Å². The van der Waals surface area contributed by atoms with Crippen LogP contribution in [0.3, 0.4) is 0 Å². The molecule has 0 bridgehead atoms. The van der Waals surface area contributed by atoms with Crippen LogP contribution in [-0.2, 0) is 12.8 Å². The number of fused-ring (bicyclic) bond motifs is 1. The maximum absolute atomic E-state index is 13.4. The average molecular weight is 451 g/mol. The highest BCUT2D eigenvalue weighted by Gasteiger charge is 2.41. The fourth-order valence-electron chi connectivity index (χ4n) is 3.99. The van der Waals surface area contributed by atoms with Gasteiger partial charge in [0.1, 0.15) is 28.4 Å². The Morgan fingerprint density at radius 3 is 2.39 bits per heavy atom. The molecule has 0 aromatic heterocycles. The Kier molecular flexibility index (Phi) is 7.33. The minimum atomic E-state index is -0.972. The van der Waals surface area contributed by atoms with Gasteiger partial charge in [0.2, 0.25) is 5.78 Å². The summed E-state index contributed by atoms with van der Waals surface area (Å²) in [5, 5.41) is 32.8. The van der Waals surface area contributed by atoms with Crippen molar-refractivity contribution >= 4 is 5.78 Å². The number of hydrogen-bond donors (Lipinski definition) is 3. The number of hydrogen-bond acceptors (Lipinski definition) is 5. The summed E-state index contributed by atoms with van der Waals surface area (Å²) in [6.45, 7) is 9.57. The minimum absolute atomic E-state index is 0.0274. The van der Waals surface area contributed by atoms with Crippen molar-refractivity contribution in [3.63, 3.8) is 0 Å². The van der Waals surface area contributed by atoms with Gasteiger partial charge in [-0.05, 0) is 53.9 Å². The van der Waals surface area contributed by atoms with Gasteiger partial charge in [-0.25, -0.2) is 0 Å². The molecule has 0 radical (unpaired) electrons. The van der Waals surface area contributed by atoms with E-state index in [1.54, 1.807) is 38.1 Å². The summed E-state index contributed by atoms with van der Waals surface area (Å²) in [6.07, 6.45) is 5.43. The average Bonchev–Trinajstić information content (AvgIpc) is 2.75. The third kappa shape index (κ3) is 5.31. The predicted molar refractivity (Wildman–Crippen MR) is 130 cm³/mol. The molecule has 2 aromatic rings. The van der Waals surface area contributed by atoms with E-state index in [4.69, 9.17) is 4.74 Å². The molecular weight excluding hydrogens is 416 g/mol. The Hall–Kier alpha value is -3.05. The first kappa shape index (κ1) is 24.6. The van der Waals surface area contributed by atoms with Gasteiger partial charge in [-0.3, -0.25) is 4.79 Å². The lowest BCUT2D eigenvalue weighted by Gasteiger charge is -2.38. The van der Waals surface area contributed by atoms with Gasteiger partial charge < -0.3 is 20.1 Å². The number of allylic oxidation sites excluding steroid dienone is 4. The number of aromatic hydroxyl groups is 2. The second-order valence-corrected chi connectivity index (χ2v) is 9.55. The quantitative estimate of drug-likeness (QED) is 0.375. The lowest BCUT2D eigenvalue weighted by atomic mass is 9.85. The van der Waals surface area contributed by atoms with Crippen LogP contribution >= 0.6 is 0 Å². The number of carbonyl (C=O) groups is 1. The van der Waals surface area contributed by atoms with Crippen molar-refractivity contribution in [1.82, 2.24) is 0 Å². The molecule has 3 rings (SSSR count). The van der Waals surface area contributed by atoms with E-state index >= 15 is 0 Å². The van der Waals surface area contributed by atoms with Crippen molar-refractivity contribution in [1.29, 1.82) is 0 Å². The molecule has 2 aromatic carbocycles. The van der Waals surface area contributed by atoms with E-state index in [-0.39, 0.29) is 47.0 Å². The first-order chi connectivity index (χ1) is 15.5. The van der Waals surface area contributed by atoms with E-state index < -0.39 is 11.7 Å². The lowest BCUT2D eigenvalue weighted by Crippen LogP contribution is -2.46. The van der Waals surface area contributed by atoms with Crippen molar-refractivity contribution in [2.24, 2.45) is 0 Å². The molecule has 5 heteroatoms. The van der Waals surface area contributed by atoms with Crippen molar-refractivity contribution in [2.75, 3.05) is 0 Å². The molecule has 0 saturated carbocycles. The van der Waals surface area contributed by atoms with Gasteiger partial charge in [0.15, 0.2) is 0 Å². The molecule has 0 amide bonds. The fourth-order valence-corrected chi connectivity index (χ4v) is 3.99. The van der Waals surface area contributed by atoms with E-state index in [0.717, 1.165) is 18.4 Å². The smallest absolute Gasteiger partial charge is 0.200 e. The van der Waals surface area contributed by atoms with Gasteiger partial charge in [-0.2, -0.15) is 0 Å². The number of aliphatic hydroxyl groups is 1. The molecule has 176 valence electrons. The van der Waals surface area contributed by atoms with E-state index in [1.165, 1.54) is 5.57 Å². The van der Waals surface area contributed by atoms with Crippen LogP contribution in [0.1, 0.15) is 74.5 Å². The van der Waals surface area contributed by atoms with Gasteiger partial charge in [-0.15, -0.1) is 0 Å². The normalized spacial score (nSPS) is 17.2. The molecule has 0 saturated heterocycles. The van der Waals surface area contributed by atoms with E-state index in [9.17, 15) is 20.1 Å². The summed E-state index contributed by atoms with van der Waals surface area (Å²) in [5.74, 6) is -0.653. The number of ether oxygens (including phenoxy) is 1. The highest BCUT2D eigenvalue weighted by Crippen LogP contribution is 2.48. The highest BCUT2D eigenvalue weighted by atomic mass is 16.5. The molecule has 1 unspecified atom stereocenters. The van der Waals surface area contributed by atoms with Crippen molar-refractivity contribution in [3.8, 4) is 17.2 Å². The zero-order valence-corrected chi connectivity index (χ0v) is 20.1. The first-order valence-corrected chi connectivity index (χ1v) is 11.4. The van der Waals surface area contributed by atoms with Crippen molar-refractivity contribution in [3.05, 3.63) is 75.9 Å². The Balaban J connectivity index is 2.09. The third-order valence-electron chi connectivity index (χ3n) is 6.17.